The summed E-state index contributed by atoms with van der Waals surface area (Å²) < 4.78 is 36.5. The largest absolute Gasteiger partial charge is 0.586 e. The van der Waals surface area contributed by atoms with Crippen LogP contribution in [0.4, 0.5) is 26.1 Å². The van der Waals surface area contributed by atoms with Crippen LogP contribution in [0.3, 0.4) is 0 Å². The fourth-order valence-corrected chi connectivity index (χ4v) is 2.80. The Labute approximate surface area is 163 Å². The van der Waals surface area contributed by atoms with Gasteiger partial charge >= 0.3 is 6.29 Å². The van der Waals surface area contributed by atoms with Crippen LogP contribution in [0.1, 0.15) is 15.9 Å². The highest BCUT2D eigenvalue weighted by Gasteiger charge is 2.43. The van der Waals surface area contributed by atoms with E-state index in [1.807, 2.05) is 0 Å². The van der Waals surface area contributed by atoms with Crippen molar-refractivity contribution in [3.05, 3.63) is 53.9 Å². The molecule has 2 aromatic heterocycles. The van der Waals surface area contributed by atoms with Gasteiger partial charge in [0.1, 0.15) is 11.4 Å². The average molecular weight is 402 g/mol. The van der Waals surface area contributed by atoms with Gasteiger partial charge in [-0.1, -0.05) is 0 Å². The minimum Gasteiger partial charge on any atom is -0.395 e. The van der Waals surface area contributed by atoms with Crippen LogP contribution in [-0.4, -0.2) is 27.0 Å². The molecule has 1 aromatic carbocycles. The van der Waals surface area contributed by atoms with Crippen LogP contribution in [0.15, 0.2) is 42.7 Å². The minimum absolute atomic E-state index is 0.103. The zero-order valence-electron chi connectivity index (χ0n) is 15.1. The SMILES string of the molecule is Cn1cc(C(=O)Nc2ccc3c(c2)OC(F)(F)O3)c(NCc2ccnc(N)c2)n1. The number of rotatable bonds is 5. The number of nitrogens with one attached hydrogen (secondary N) is 2. The number of carbonyl (C=O) groups excluding carboxylic acids is 1. The first-order chi connectivity index (χ1) is 13.8. The molecule has 1 aliphatic rings. The number of benzene rings is 1. The first-order valence-corrected chi connectivity index (χ1v) is 8.48. The number of amides is 1. The Morgan fingerprint density at radius 3 is 2.83 bits per heavy atom. The lowest BCUT2D eigenvalue weighted by atomic mass is 10.2. The second-order valence-corrected chi connectivity index (χ2v) is 6.29. The van der Waals surface area contributed by atoms with Crippen molar-refractivity contribution in [3.8, 4) is 11.5 Å². The average Bonchev–Trinajstić information content (AvgIpc) is 3.17. The molecule has 1 amide bonds. The molecule has 0 unspecified atom stereocenters. The van der Waals surface area contributed by atoms with E-state index in [0.717, 1.165) is 5.56 Å². The van der Waals surface area contributed by atoms with Crippen LogP contribution in [0.5, 0.6) is 11.5 Å². The number of halogens is 2. The van der Waals surface area contributed by atoms with Crippen molar-refractivity contribution in [2.24, 2.45) is 7.05 Å². The molecular formula is C18H16F2N6O3. The van der Waals surface area contributed by atoms with Crippen molar-refractivity contribution < 1.29 is 23.0 Å². The number of carbonyl (C=O) groups is 1. The van der Waals surface area contributed by atoms with E-state index in [4.69, 9.17) is 5.73 Å². The molecule has 29 heavy (non-hydrogen) atoms. The van der Waals surface area contributed by atoms with Gasteiger partial charge in [0.15, 0.2) is 17.3 Å². The third kappa shape index (κ3) is 4.03. The van der Waals surface area contributed by atoms with Gasteiger partial charge in [0.25, 0.3) is 5.91 Å². The van der Waals surface area contributed by atoms with Crippen LogP contribution in [0.2, 0.25) is 0 Å². The van der Waals surface area contributed by atoms with Gasteiger partial charge in [-0.05, 0) is 29.8 Å². The lowest BCUT2D eigenvalue weighted by molar-refractivity contribution is -0.286. The summed E-state index contributed by atoms with van der Waals surface area (Å²) in [7, 11) is 1.68. The van der Waals surface area contributed by atoms with Gasteiger partial charge in [-0.15, -0.1) is 8.78 Å². The summed E-state index contributed by atoms with van der Waals surface area (Å²) in [6.45, 7) is 0.378. The van der Waals surface area contributed by atoms with Gasteiger partial charge < -0.3 is 25.8 Å². The zero-order chi connectivity index (χ0) is 20.6. The topological polar surface area (TPSA) is 116 Å². The molecule has 0 atom stereocenters. The molecule has 3 aromatic rings. The number of pyridine rings is 1. The third-order valence-corrected chi connectivity index (χ3v) is 4.04. The van der Waals surface area contributed by atoms with E-state index in [1.54, 1.807) is 31.6 Å². The van der Waals surface area contributed by atoms with E-state index in [2.05, 4.69) is 30.2 Å². The molecule has 0 fully saturated rings. The highest BCUT2D eigenvalue weighted by molar-refractivity contribution is 6.07. The Morgan fingerprint density at radius 2 is 2.03 bits per heavy atom. The van der Waals surface area contributed by atoms with E-state index in [0.29, 0.717) is 18.2 Å². The fraction of sp³-hybridized carbons (Fsp3) is 0.167. The van der Waals surface area contributed by atoms with Crippen molar-refractivity contribution >= 4 is 23.2 Å². The highest BCUT2D eigenvalue weighted by Crippen LogP contribution is 2.42. The predicted octanol–water partition coefficient (Wildman–Crippen LogP) is 2.58. The van der Waals surface area contributed by atoms with Crippen LogP contribution in [-0.2, 0) is 13.6 Å². The molecule has 11 heteroatoms. The van der Waals surface area contributed by atoms with Crippen molar-refractivity contribution in [3.63, 3.8) is 0 Å². The van der Waals surface area contributed by atoms with Crippen molar-refractivity contribution in [2.75, 3.05) is 16.4 Å². The lowest BCUT2D eigenvalue weighted by Crippen LogP contribution is -2.25. The molecule has 0 saturated carbocycles. The number of nitrogen functional groups attached to an aromatic ring is 1. The molecule has 4 N–H and O–H groups in total. The molecule has 0 radical (unpaired) electrons. The van der Waals surface area contributed by atoms with Crippen LogP contribution < -0.4 is 25.8 Å². The molecule has 9 nitrogen and oxygen atoms in total. The molecule has 4 rings (SSSR count). The Hall–Kier alpha value is -3.89. The number of aryl methyl sites for hydroxylation is 1. The van der Waals surface area contributed by atoms with Gasteiger partial charge in [-0.25, -0.2) is 4.98 Å². The van der Waals surface area contributed by atoms with Crippen molar-refractivity contribution in [1.82, 2.24) is 14.8 Å². The number of hydrogen-bond donors (Lipinski definition) is 3. The van der Waals surface area contributed by atoms with E-state index in [9.17, 15) is 13.6 Å². The minimum atomic E-state index is -3.72. The maximum absolute atomic E-state index is 13.1. The number of aromatic nitrogens is 3. The Bertz CT molecular complexity index is 1090. The summed E-state index contributed by atoms with van der Waals surface area (Å²) >= 11 is 0. The van der Waals surface area contributed by atoms with Gasteiger partial charge in [0.2, 0.25) is 0 Å². The summed E-state index contributed by atoms with van der Waals surface area (Å²) in [4.78, 5) is 16.6. The molecular weight excluding hydrogens is 386 g/mol. The van der Waals surface area contributed by atoms with Crippen LogP contribution in [0, 0.1) is 0 Å². The first-order valence-electron chi connectivity index (χ1n) is 8.48. The molecule has 0 bridgehead atoms. The second-order valence-electron chi connectivity index (χ2n) is 6.29. The summed E-state index contributed by atoms with van der Waals surface area (Å²) in [5.41, 5.74) is 7.07. The predicted molar refractivity (Wildman–Crippen MR) is 99.8 cm³/mol. The molecule has 3 heterocycles. The van der Waals surface area contributed by atoms with Crippen LogP contribution in [0.25, 0.3) is 0 Å². The fourth-order valence-electron chi connectivity index (χ4n) is 2.80. The summed E-state index contributed by atoms with van der Waals surface area (Å²) in [6.07, 6.45) is -0.594. The normalized spacial score (nSPS) is 13.9. The van der Waals surface area contributed by atoms with Crippen molar-refractivity contribution in [1.29, 1.82) is 0 Å². The number of nitrogens with two attached hydrogens (primary N) is 1. The van der Waals surface area contributed by atoms with Gasteiger partial charge in [-0.3, -0.25) is 9.48 Å². The number of ether oxygens (including phenoxy) is 2. The van der Waals surface area contributed by atoms with E-state index in [1.165, 1.54) is 22.9 Å². The summed E-state index contributed by atoms with van der Waals surface area (Å²) in [5, 5.41) is 9.95. The molecule has 1 aliphatic heterocycles. The van der Waals surface area contributed by atoms with Crippen LogP contribution >= 0.6 is 0 Å². The van der Waals surface area contributed by atoms with E-state index < -0.39 is 12.2 Å². The smallest absolute Gasteiger partial charge is 0.395 e. The van der Waals surface area contributed by atoms with Gasteiger partial charge in [0, 0.05) is 37.7 Å². The Balaban J connectivity index is 1.48. The molecule has 0 spiro atoms. The summed E-state index contributed by atoms with van der Waals surface area (Å²) in [5.74, 6) is 0.00534. The monoisotopic (exact) mass is 402 g/mol. The van der Waals surface area contributed by atoms with E-state index >= 15 is 0 Å². The maximum Gasteiger partial charge on any atom is 0.586 e. The van der Waals surface area contributed by atoms with Gasteiger partial charge in [-0.2, -0.15) is 5.10 Å². The Morgan fingerprint density at radius 1 is 1.24 bits per heavy atom. The molecule has 0 aliphatic carbocycles. The number of hydrogen-bond acceptors (Lipinski definition) is 7. The third-order valence-electron chi connectivity index (χ3n) is 4.04. The molecule has 150 valence electrons. The van der Waals surface area contributed by atoms with Crippen molar-refractivity contribution in [2.45, 2.75) is 12.8 Å². The quantitative estimate of drug-likeness (QED) is 0.601. The maximum atomic E-state index is 13.1. The molecule has 0 saturated heterocycles. The van der Waals surface area contributed by atoms with E-state index in [-0.39, 0.29) is 22.7 Å². The zero-order valence-corrected chi connectivity index (χ0v) is 15.1. The number of fused-ring (bicyclic) bond motifs is 1. The number of nitrogens with zero attached hydrogens (tertiary/aromatic N) is 3. The lowest BCUT2D eigenvalue weighted by Gasteiger charge is -2.08. The standard InChI is InChI=1S/C18H16F2N6O3/c1-26-9-12(16(25-26)23-8-10-4-5-22-15(21)6-10)17(27)24-11-2-3-13-14(7-11)29-18(19,20)28-13/h2-7,9H,8H2,1H3,(H2,21,22)(H,23,25)(H,24,27). The number of anilines is 3. The second kappa shape index (κ2) is 6.93. The Kier molecular flexibility index (Phi) is 4.41. The first kappa shape index (κ1) is 18.5. The number of alkyl halides is 2. The highest BCUT2D eigenvalue weighted by atomic mass is 19.3. The summed E-state index contributed by atoms with van der Waals surface area (Å²) in [6, 6.07) is 7.48. The van der Waals surface area contributed by atoms with Gasteiger partial charge in [0.05, 0.1) is 0 Å².